The van der Waals surface area contributed by atoms with E-state index in [1.165, 1.54) is 6.92 Å². The highest BCUT2D eigenvalue weighted by Crippen LogP contribution is 2.35. The van der Waals surface area contributed by atoms with Crippen LogP contribution in [0.15, 0.2) is 11.8 Å². The van der Waals surface area contributed by atoms with Gasteiger partial charge in [0.25, 0.3) is 0 Å². The van der Waals surface area contributed by atoms with Crippen molar-refractivity contribution in [2.24, 2.45) is 5.41 Å². The van der Waals surface area contributed by atoms with Gasteiger partial charge in [0.15, 0.2) is 0 Å². The van der Waals surface area contributed by atoms with Crippen LogP contribution < -0.4 is 0 Å². The van der Waals surface area contributed by atoms with E-state index >= 15 is 0 Å². The molecule has 0 aromatic rings. The highest BCUT2D eigenvalue weighted by Gasteiger charge is 2.28. The molecule has 1 aliphatic rings. The van der Waals surface area contributed by atoms with Gasteiger partial charge in [-0.3, -0.25) is 4.79 Å². The maximum Gasteiger partial charge on any atom is 0.307 e. The van der Waals surface area contributed by atoms with E-state index in [0.717, 1.165) is 17.3 Å². The summed E-state index contributed by atoms with van der Waals surface area (Å²) in [5, 5.41) is 0. The van der Waals surface area contributed by atoms with Crippen LogP contribution in [0.25, 0.3) is 0 Å². The van der Waals surface area contributed by atoms with Crippen LogP contribution in [-0.2, 0) is 9.53 Å². The predicted octanol–water partition coefficient (Wildman–Crippen LogP) is 2.21. The van der Waals surface area contributed by atoms with Crippen molar-refractivity contribution in [3.05, 3.63) is 11.8 Å². The van der Waals surface area contributed by atoms with E-state index in [9.17, 15) is 4.79 Å². The lowest BCUT2D eigenvalue weighted by molar-refractivity contribution is -0.138. The molecule has 12 heavy (non-hydrogen) atoms. The molecule has 0 amide bonds. The molecule has 2 nitrogen and oxygen atoms in total. The van der Waals surface area contributed by atoms with Crippen molar-refractivity contribution in [2.75, 3.05) is 11.5 Å². The minimum Gasteiger partial charge on any atom is -0.431 e. The molecule has 0 unspecified atom stereocenters. The van der Waals surface area contributed by atoms with Gasteiger partial charge in [0.1, 0.15) is 5.76 Å². The maximum absolute atomic E-state index is 10.7. The minimum absolute atomic E-state index is 0.00852. The third-order valence-electron chi connectivity index (χ3n) is 1.77. The van der Waals surface area contributed by atoms with Crippen LogP contribution in [0.3, 0.4) is 0 Å². The Hall–Kier alpha value is -0.440. The number of ether oxygens (including phenoxy) is 1. The molecule has 0 aliphatic carbocycles. The van der Waals surface area contributed by atoms with E-state index in [-0.39, 0.29) is 11.4 Å². The van der Waals surface area contributed by atoms with Crippen molar-refractivity contribution >= 4 is 17.7 Å². The highest BCUT2D eigenvalue weighted by atomic mass is 32.2. The Kier molecular flexibility index (Phi) is 2.83. The second kappa shape index (κ2) is 3.52. The Bertz CT molecular complexity index is 219. The van der Waals surface area contributed by atoms with Gasteiger partial charge in [-0.25, -0.2) is 0 Å². The van der Waals surface area contributed by atoms with Crippen molar-refractivity contribution < 1.29 is 9.53 Å². The molecule has 0 fully saturated rings. The van der Waals surface area contributed by atoms with E-state index in [4.69, 9.17) is 4.74 Å². The van der Waals surface area contributed by atoms with Crippen LogP contribution in [0.2, 0.25) is 0 Å². The van der Waals surface area contributed by atoms with Gasteiger partial charge in [0.2, 0.25) is 0 Å². The van der Waals surface area contributed by atoms with Gasteiger partial charge in [0.05, 0.1) is 0 Å². The van der Waals surface area contributed by atoms with E-state index < -0.39 is 0 Å². The van der Waals surface area contributed by atoms with E-state index in [0.29, 0.717) is 0 Å². The van der Waals surface area contributed by atoms with Crippen LogP contribution in [0, 0.1) is 5.41 Å². The first-order valence-corrected chi connectivity index (χ1v) is 5.14. The zero-order valence-corrected chi connectivity index (χ0v) is 8.53. The normalized spacial score (nSPS) is 21.4. The Morgan fingerprint density at radius 1 is 1.67 bits per heavy atom. The number of hydrogen-bond acceptors (Lipinski definition) is 3. The largest absolute Gasteiger partial charge is 0.431 e. The summed E-state index contributed by atoms with van der Waals surface area (Å²) in [7, 11) is 0. The number of allylic oxidation sites excluding steroid dienone is 1. The van der Waals surface area contributed by atoms with E-state index in [1.54, 1.807) is 0 Å². The first-order chi connectivity index (χ1) is 5.52. The van der Waals surface area contributed by atoms with Gasteiger partial charge in [-0.15, -0.1) is 0 Å². The molecule has 0 aromatic heterocycles. The van der Waals surface area contributed by atoms with Gasteiger partial charge in [-0.05, 0) is 6.08 Å². The zero-order chi connectivity index (χ0) is 9.19. The van der Waals surface area contributed by atoms with Crippen molar-refractivity contribution in [1.82, 2.24) is 0 Å². The lowest BCUT2D eigenvalue weighted by Crippen LogP contribution is -2.24. The molecule has 0 N–H and O–H groups in total. The van der Waals surface area contributed by atoms with Crippen molar-refractivity contribution in [3.8, 4) is 0 Å². The average molecular weight is 186 g/mol. The number of thioether (sulfide) groups is 1. The summed E-state index contributed by atoms with van der Waals surface area (Å²) in [4.78, 5) is 10.7. The quantitative estimate of drug-likeness (QED) is 0.587. The molecule has 0 radical (unpaired) electrons. The lowest BCUT2D eigenvalue weighted by Gasteiger charge is -2.29. The van der Waals surface area contributed by atoms with Crippen molar-refractivity contribution in [2.45, 2.75) is 20.8 Å². The Labute approximate surface area is 77.4 Å². The van der Waals surface area contributed by atoms with Crippen molar-refractivity contribution in [1.29, 1.82) is 0 Å². The molecule has 1 heterocycles. The fourth-order valence-corrected chi connectivity index (χ4v) is 2.17. The summed E-state index contributed by atoms with van der Waals surface area (Å²) in [6.07, 6.45) is 2.00. The summed E-state index contributed by atoms with van der Waals surface area (Å²) >= 11 is 1.86. The number of esters is 1. The minimum atomic E-state index is -0.221. The Balaban J connectivity index is 2.71. The Morgan fingerprint density at radius 2 is 2.33 bits per heavy atom. The number of rotatable bonds is 1. The maximum atomic E-state index is 10.7. The standard InChI is InChI=1S/C9H14O2S/c1-7(10)11-8-4-5-12-6-9(8,2)3/h4H,5-6H2,1-3H3. The molecule has 68 valence electrons. The fraction of sp³-hybridized carbons (Fsp3) is 0.667. The van der Waals surface area contributed by atoms with E-state index in [1.807, 2.05) is 17.8 Å². The SMILES string of the molecule is CC(=O)OC1=CCSCC1(C)C. The topological polar surface area (TPSA) is 26.3 Å². The summed E-state index contributed by atoms with van der Waals surface area (Å²) in [6, 6.07) is 0. The molecule has 1 rings (SSSR count). The van der Waals surface area contributed by atoms with Crippen LogP contribution in [0.5, 0.6) is 0 Å². The molecular formula is C9H14O2S. The summed E-state index contributed by atoms with van der Waals surface area (Å²) in [5.41, 5.74) is 0.00852. The summed E-state index contributed by atoms with van der Waals surface area (Å²) in [5.74, 6) is 2.58. The third kappa shape index (κ3) is 2.27. The Morgan fingerprint density at radius 3 is 2.83 bits per heavy atom. The molecule has 1 aliphatic heterocycles. The highest BCUT2D eigenvalue weighted by molar-refractivity contribution is 7.99. The zero-order valence-electron chi connectivity index (χ0n) is 7.72. The van der Waals surface area contributed by atoms with Crippen LogP contribution in [0.1, 0.15) is 20.8 Å². The summed E-state index contributed by atoms with van der Waals surface area (Å²) in [6.45, 7) is 5.63. The molecule has 0 saturated carbocycles. The van der Waals surface area contributed by atoms with Crippen LogP contribution in [-0.4, -0.2) is 17.5 Å². The van der Waals surface area contributed by atoms with E-state index in [2.05, 4.69) is 13.8 Å². The molecule has 0 saturated heterocycles. The van der Waals surface area contributed by atoms with Gasteiger partial charge in [-0.2, -0.15) is 11.8 Å². The van der Waals surface area contributed by atoms with Crippen LogP contribution >= 0.6 is 11.8 Å². The van der Waals surface area contributed by atoms with Gasteiger partial charge in [0, 0.05) is 23.8 Å². The molecule has 0 aromatic carbocycles. The number of carbonyl (C=O) groups is 1. The molecule has 0 atom stereocenters. The first kappa shape index (κ1) is 9.65. The van der Waals surface area contributed by atoms with Crippen LogP contribution in [0.4, 0.5) is 0 Å². The fourth-order valence-electron chi connectivity index (χ4n) is 1.13. The molecule has 0 spiro atoms. The molecule has 0 bridgehead atoms. The monoisotopic (exact) mass is 186 g/mol. The second-order valence-electron chi connectivity index (χ2n) is 3.56. The lowest BCUT2D eigenvalue weighted by atomic mass is 9.93. The van der Waals surface area contributed by atoms with Gasteiger partial charge in [-0.1, -0.05) is 13.8 Å². The summed E-state index contributed by atoms with van der Waals surface area (Å²) < 4.78 is 5.12. The second-order valence-corrected chi connectivity index (χ2v) is 4.59. The van der Waals surface area contributed by atoms with Crippen molar-refractivity contribution in [3.63, 3.8) is 0 Å². The number of hydrogen-bond donors (Lipinski definition) is 0. The smallest absolute Gasteiger partial charge is 0.307 e. The molecule has 3 heteroatoms. The number of carbonyl (C=O) groups excluding carboxylic acids is 1. The third-order valence-corrected chi connectivity index (χ3v) is 3.10. The first-order valence-electron chi connectivity index (χ1n) is 3.99. The van der Waals surface area contributed by atoms with Gasteiger partial charge < -0.3 is 4.74 Å². The van der Waals surface area contributed by atoms with Gasteiger partial charge >= 0.3 is 5.97 Å². The average Bonchev–Trinajstić information content (AvgIpc) is 1.92. The molecular weight excluding hydrogens is 172 g/mol. The predicted molar refractivity (Wildman–Crippen MR) is 51.0 cm³/mol.